The molecule has 4 heteroatoms. The van der Waals surface area contributed by atoms with E-state index in [0.29, 0.717) is 12.2 Å². The quantitative estimate of drug-likeness (QED) is 0.887. The van der Waals surface area contributed by atoms with Crippen LogP contribution in [0.2, 0.25) is 0 Å². The number of methoxy groups -OCH3 is 1. The second-order valence-electron chi connectivity index (χ2n) is 4.86. The van der Waals surface area contributed by atoms with E-state index in [2.05, 4.69) is 5.32 Å². The minimum absolute atomic E-state index is 0.121. The van der Waals surface area contributed by atoms with Gasteiger partial charge in [0.2, 0.25) is 0 Å². The molecule has 2 rings (SSSR count). The Labute approximate surface area is 124 Å². The third kappa shape index (κ3) is 3.83. The van der Waals surface area contributed by atoms with Crippen LogP contribution < -0.4 is 5.32 Å². The minimum atomic E-state index is -0.241. The Morgan fingerprint density at radius 2 is 2.00 bits per heavy atom. The number of amides is 1. The van der Waals surface area contributed by atoms with Gasteiger partial charge in [-0.15, -0.1) is 0 Å². The second kappa shape index (κ2) is 6.90. The largest absolute Gasteiger partial charge is 0.508 e. The van der Waals surface area contributed by atoms with Crippen molar-refractivity contribution < 1.29 is 14.6 Å². The van der Waals surface area contributed by atoms with Gasteiger partial charge in [0, 0.05) is 18.4 Å². The highest BCUT2D eigenvalue weighted by Gasteiger charge is 2.10. The lowest BCUT2D eigenvalue weighted by Gasteiger charge is -2.11. The number of ether oxygens (including phenoxy) is 1. The van der Waals surface area contributed by atoms with Crippen molar-refractivity contribution in [2.45, 2.75) is 13.3 Å². The summed E-state index contributed by atoms with van der Waals surface area (Å²) in [5, 5.41) is 12.6. The normalized spacial score (nSPS) is 10.4. The summed E-state index contributed by atoms with van der Waals surface area (Å²) in [7, 11) is 1.65. The molecule has 0 saturated heterocycles. The van der Waals surface area contributed by atoms with Gasteiger partial charge in [0.1, 0.15) is 5.75 Å². The molecule has 0 fully saturated rings. The van der Waals surface area contributed by atoms with Crippen molar-refractivity contribution in [2.24, 2.45) is 0 Å². The molecule has 0 radical (unpaired) electrons. The monoisotopic (exact) mass is 285 g/mol. The molecule has 0 aliphatic heterocycles. The van der Waals surface area contributed by atoms with Crippen molar-refractivity contribution in [3.8, 4) is 5.75 Å². The van der Waals surface area contributed by atoms with Crippen LogP contribution in [-0.2, 0) is 11.2 Å². The molecule has 21 heavy (non-hydrogen) atoms. The van der Waals surface area contributed by atoms with E-state index in [-0.39, 0.29) is 11.7 Å². The number of anilines is 1. The average molecular weight is 285 g/mol. The van der Waals surface area contributed by atoms with E-state index in [4.69, 9.17) is 4.74 Å². The number of hydrogen-bond acceptors (Lipinski definition) is 3. The average Bonchev–Trinajstić information content (AvgIpc) is 2.49. The zero-order valence-electron chi connectivity index (χ0n) is 12.2. The number of hydrogen-bond donors (Lipinski definition) is 2. The van der Waals surface area contributed by atoms with Gasteiger partial charge in [-0.05, 0) is 42.7 Å². The fourth-order valence-electron chi connectivity index (χ4n) is 2.02. The lowest BCUT2D eigenvalue weighted by atomic mass is 10.1. The molecule has 0 aliphatic rings. The van der Waals surface area contributed by atoms with Crippen LogP contribution in [0.25, 0.3) is 0 Å². The van der Waals surface area contributed by atoms with Gasteiger partial charge in [-0.3, -0.25) is 4.79 Å². The van der Waals surface area contributed by atoms with Gasteiger partial charge in [-0.2, -0.15) is 0 Å². The molecule has 4 nitrogen and oxygen atoms in total. The van der Waals surface area contributed by atoms with Crippen LogP contribution in [0.1, 0.15) is 21.5 Å². The Morgan fingerprint density at radius 1 is 1.24 bits per heavy atom. The lowest BCUT2D eigenvalue weighted by molar-refractivity contribution is 0.102. The number of carbonyl (C=O) groups is 1. The Bertz CT molecular complexity index is 638. The molecule has 0 spiro atoms. The van der Waals surface area contributed by atoms with Crippen molar-refractivity contribution in [3.63, 3.8) is 0 Å². The first kappa shape index (κ1) is 15.1. The number of aryl methyl sites for hydroxylation is 1. The number of rotatable bonds is 5. The number of nitrogens with one attached hydrogen (secondary N) is 1. The molecule has 0 aromatic heterocycles. The van der Waals surface area contributed by atoms with E-state index < -0.39 is 0 Å². The van der Waals surface area contributed by atoms with E-state index in [1.165, 1.54) is 6.07 Å². The van der Waals surface area contributed by atoms with Gasteiger partial charge in [-0.25, -0.2) is 0 Å². The molecule has 1 amide bonds. The Balaban J connectivity index is 2.17. The van der Waals surface area contributed by atoms with Crippen molar-refractivity contribution in [2.75, 3.05) is 19.0 Å². The van der Waals surface area contributed by atoms with Gasteiger partial charge in [0.25, 0.3) is 5.91 Å². The molecule has 0 saturated carbocycles. The lowest BCUT2D eigenvalue weighted by Crippen LogP contribution is -2.13. The standard InChI is InChI=1S/C17H19NO3/c1-12-7-8-14(11-16(12)19)17(20)18-15-6-4-3-5-13(15)9-10-21-2/h3-8,11,19H,9-10H2,1-2H3,(H,18,20). The van der Waals surface area contributed by atoms with Crippen molar-refractivity contribution >= 4 is 11.6 Å². The number of phenols is 1. The summed E-state index contributed by atoms with van der Waals surface area (Å²) in [4.78, 5) is 12.3. The van der Waals surface area contributed by atoms with Crippen LogP contribution >= 0.6 is 0 Å². The van der Waals surface area contributed by atoms with Crippen LogP contribution in [0.3, 0.4) is 0 Å². The molecule has 110 valence electrons. The molecule has 0 bridgehead atoms. The summed E-state index contributed by atoms with van der Waals surface area (Å²) < 4.78 is 5.07. The summed E-state index contributed by atoms with van der Waals surface area (Å²) in [6.07, 6.45) is 0.728. The zero-order chi connectivity index (χ0) is 15.2. The highest BCUT2D eigenvalue weighted by atomic mass is 16.5. The summed E-state index contributed by atoms with van der Waals surface area (Å²) >= 11 is 0. The van der Waals surface area contributed by atoms with Gasteiger partial charge in [-0.1, -0.05) is 24.3 Å². The van der Waals surface area contributed by atoms with E-state index in [1.54, 1.807) is 26.2 Å². The second-order valence-corrected chi connectivity index (χ2v) is 4.86. The maximum atomic E-state index is 12.3. The number of phenolic OH excluding ortho intramolecular Hbond substituents is 1. The highest BCUT2D eigenvalue weighted by Crippen LogP contribution is 2.20. The molecule has 2 aromatic rings. The van der Waals surface area contributed by atoms with Crippen LogP contribution in [-0.4, -0.2) is 24.7 Å². The molecular formula is C17H19NO3. The molecule has 0 atom stereocenters. The summed E-state index contributed by atoms with van der Waals surface area (Å²) in [6, 6.07) is 12.5. The van der Waals surface area contributed by atoms with Crippen molar-refractivity contribution in [1.29, 1.82) is 0 Å². The fourth-order valence-corrected chi connectivity index (χ4v) is 2.02. The third-order valence-corrected chi connectivity index (χ3v) is 3.31. The van der Waals surface area contributed by atoms with Crippen molar-refractivity contribution in [3.05, 3.63) is 59.2 Å². The number of aromatic hydroxyl groups is 1. The summed E-state index contributed by atoms with van der Waals surface area (Å²) in [5.41, 5.74) is 2.95. The highest BCUT2D eigenvalue weighted by molar-refractivity contribution is 6.04. The maximum absolute atomic E-state index is 12.3. The molecule has 0 heterocycles. The van der Waals surface area contributed by atoms with Gasteiger partial charge in [0.05, 0.1) is 6.61 Å². The Kier molecular flexibility index (Phi) is 4.95. The molecule has 0 unspecified atom stereocenters. The van der Waals surface area contributed by atoms with E-state index >= 15 is 0 Å². The van der Waals surface area contributed by atoms with Crippen LogP contribution in [0.15, 0.2) is 42.5 Å². The van der Waals surface area contributed by atoms with E-state index in [9.17, 15) is 9.90 Å². The molecule has 2 N–H and O–H groups in total. The van der Waals surface area contributed by atoms with E-state index in [0.717, 1.165) is 23.2 Å². The number of carbonyl (C=O) groups excluding carboxylic acids is 1. The first-order valence-corrected chi connectivity index (χ1v) is 6.79. The summed E-state index contributed by atoms with van der Waals surface area (Å²) in [5.74, 6) is -0.120. The van der Waals surface area contributed by atoms with Gasteiger partial charge in [0.15, 0.2) is 0 Å². The molecule has 0 aliphatic carbocycles. The topological polar surface area (TPSA) is 58.6 Å². The first-order chi connectivity index (χ1) is 10.1. The smallest absolute Gasteiger partial charge is 0.255 e. The Hall–Kier alpha value is -2.33. The minimum Gasteiger partial charge on any atom is -0.508 e. The van der Waals surface area contributed by atoms with Gasteiger partial charge < -0.3 is 15.2 Å². The van der Waals surface area contributed by atoms with E-state index in [1.807, 2.05) is 24.3 Å². The number of para-hydroxylation sites is 1. The van der Waals surface area contributed by atoms with Crippen molar-refractivity contribution in [1.82, 2.24) is 0 Å². The van der Waals surface area contributed by atoms with Crippen LogP contribution in [0.5, 0.6) is 5.75 Å². The zero-order valence-corrected chi connectivity index (χ0v) is 12.2. The molecule has 2 aromatic carbocycles. The first-order valence-electron chi connectivity index (χ1n) is 6.79. The SMILES string of the molecule is COCCc1ccccc1NC(=O)c1ccc(C)c(O)c1. The number of benzene rings is 2. The predicted molar refractivity (Wildman–Crippen MR) is 82.8 cm³/mol. The predicted octanol–water partition coefficient (Wildman–Crippen LogP) is 3.14. The van der Waals surface area contributed by atoms with Gasteiger partial charge >= 0.3 is 0 Å². The van der Waals surface area contributed by atoms with Crippen LogP contribution in [0.4, 0.5) is 5.69 Å². The van der Waals surface area contributed by atoms with Crippen LogP contribution in [0, 0.1) is 6.92 Å². The maximum Gasteiger partial charge on any atom is 0.255 e. The third-order valence-electron chi connectivity index (χ3n) is 3.31. The Morgan fingerprint density at radius 3 is 2.71 bits per heavy atom. The fraction of sp³-hybridized carbons (Fsp3) is 0.235. The summed E-state index contributed by atoms with van der Waals surface area (Å²) in [6.45, 7) is 2.38. The molecular weight excluding hydrogens is 266 g/mol.